The van der Waals surface area contributed by atoms with E-state index in [1.54, 1.807) is 13.8 Å². The Morgan fingerprint density at radius 1 is 1.04 bits per heavy atom. The van der Waals surface area contributed by atoms with Crippen LogP contribution in [0.3, 0.4) is 0 Å². The monoisotopic (exact) mass is 416 g/mol. The summed E-state index contributed by atoms with van der Waals surface area (Å²) < 4.78 is 34.6. The first kappa shape index (κ1) is 17.5. The summed E-state index contributed by atoms with van der Waals surface area (Å²) in [5.41, 5.74) is 7.04. The lowest BCUT2D eigenvalue weighted by Gasteiger charge is -2.34. The maximum Gasteiger partial charge on any atom is 0.737 e. The van der Waals surface area contributed by atoms with Gasteiger partial charge in [-0.3, -0.25) is 0 Å². The molecule has 0 atom stereocenters. The Bertz CT molecular complexity index is 1070. The van der Waals surface area contributed by atoms with Crippen molar-refractivity contribution >= 4 is 34.2 Å². The summed E-state index contributed by atoms with van der Waals surface area (Å²) in [5, 5.41) is 0. The summed E-state index contributed by atoms with van der Waals surface area (Å²) in [6.45, 7) is 5.43. The molecule has 0 radical (unpaired) electrons. The number of aryl methyl sites for hydroxylation is 3. The zero-order valence-electron chi connectivity index (χ0n) is 15.5. The van der Waals surface area contributed by atoms with Crippen molar-refractivity contribution < 1.29 is 13.1 Å². The molecule has 4 rings (SSSR count). The lowest BCUT2D eigenvalue weighted by molar-refractivity contribution is -0.363. The first-order valence-electron chi connectivity index (χ1n) is 8.68. The summed E-state index contributed by atoms with van der Waals surface area (Å²) in [6.07, 6.45) is 1.85. The first-order chi connectivity index (χ1) is 12.2. The van der Waals surface area contributed by atoms with Crippen LogP contribution in [0.5, 0.6) is 0 Å². The highest BCUT2D eigenvalue weighted by Gasteiger charge is 2.55. The molecule has 2 aromatic rings. The van der Waals surface area contributed by atoms with Crippen LogP contribution < -0.4 is 0 Å². The van der Waals surface area contributed by atoms with E-state index < -0.39 is 6.97 Å². The van der Waals surface area contributed by atoms with E-state index in [1.807, 2.05) is 51.1 Å². The van der Waals surface area contributed by atoms with Gasteiger partial charge in [-0.1, -0.05) is 18.2 Å². The van der Waals surface area contributed by atoms with Crippen molar-refractivity contribution in [2.24, 2.45) is 0 Å². The van der Waals surface area contributed by atoms with Gasteiger partial charge in [-0.05, 0) is 66.5 Å². The van der Waals surface area contributed by atoms with Crippen LogP contribution in [0, 0.1) is 20.8 Å². The summed E-state index contributed by atoms with van der Waals surface area (Å²) in [4.78, 5) is 0. The van der Waals surface area contributed by atoms with Gasteiger partial charge >= 0.3 is 6.97 Å². The number of allylic oxidation sites excluding steroid dienone is 2. The first-order valence-corrected chi connectivity index (χ1v) is 9.48. The number of hydrogen-bond acceptors (Lipinski definition) is 0. The van der Waals surface area contributed by atoms with Gasteiger partial charge in [0.1, 0.15) is 5.71 Å². The zero-order chi connectivity index (χ0) is 19.0. The maximum atomic E-state index is 15.6. The molecule has 0 aliphatic carbocycles. The molecule has 0 bridgehead atoms. The smallest absolute Gasteiger partial charge is 0.393 e. The summed E-state index contributed by atoms with van der Waals surface area (Å²) in [7, 11) is 0. The minimum absolute atomic E-state index is 0.583. The fourth-order valence-corrected chi connectivity index (χ4v) is 4.86. The Balaban J connectivity index is 2.22. The Morgan fingerprint density at radius 3 is 2.42 bits per heavy atom. The fraction of sp³-hybridized carbons (Fsp3) is 0.250. The molecule has 1 aromatic heterocycles. The van der Waals surface area contributed by atoms with E-state index >= 15 is 8.63 Å². The third kappa shape index (κ3) is 2.11. The molecule has 0 spiro atoms. The Kier molecular flexibility index (Phi) is 3.71. The van der Waals surface area contributed by atoms with Crippen molar-refractivity contribution in [2.45, 2.75) is 34.6 Å². The predicted octanol–water partition coefficient (Wildman–Crippen LogP) is 5.60. The van der Waals surface area contributed by atoms with Crippen molar-refractivity contribution in [2.75, 3.05) is 0 Å². The second-order valence-electron chi connectivity index (χ2n) is 7.27. The number of rotatable bonds is 1. The highest BCUT2D eigenvalue weighted by atomic mass is 79.9. The Morgan fingerprint density at radius 2 is 1.73 bits per heavy atom. The van der Waals surface area contributed by atoms with E-state index in [9.17, 15) is 0 Å². The van der Waals surface area contributed by atoms with Crippen molar-refractivity contribution in [3.05, 3.63) is 74.2 Å². The van der Waals surface area contributed by atoms with Gasteiger partial charge in [-0.25, -0.2) is 0 Å². The van der Waals surface area contributed by atoms with Gasteiger partial charge in [-0.2, -0.15) is 0 Å². The van der Waals surface area contributed by atoms with Crippen LogP contribution in [-0.2, 0) is 0 Å². The van der Waals surface area contributed by atoms with Crippen molar-refractivity contribution in [3.8, 4) is 0 Å². The Labute approximate surface area is 160 Å². The number of nitrogens with zero attached hydrogens (tertiary/aromatic N) is 2. The molecule has 0 saturated carbocycles. The molecule has 0 N–H and O–H groups in total. The SMILES string of the molecule is CC1=CC(C)=[N+]2C1=C(c1cccc(C)c1Br)c1c(C)cc(C)n1[B-]2(F)F. The molecule has 134 valence electrons. The molecular weight excluding hydrogens is 397 g/mol. The third-order valence-electron chi connectivity index (χ3n) is 5.40. The van der Waals surface area contributed by atoms with Crippen LogP contribution >= 0.6 is 15.9 Å². The Hall–Kier alpha value is -1.95. The maximum absolute atomic E-state index is 15.6. The average molecular weight is 417 g/mol. The van der Waals surface area contributed by atoms with Crippen LogP contribution in [0.25, 0.3) is 5.57 Å². The largest absolute Gasteiger partial charge is 0.737 e. The number of fused-ring (bicyclic) bond motifs is 2. The van der Waals surface area contributed by atoms with E-state index in [4.69, 9.17) is 0 Å². The van der Waals surface area contributed by atoms with Gasteiger partial charge < -0.3 is 17.6 Å². The van der Waals surface area contributed by atoms with E-state index in [0.717, 1.165) is 32.3 Å². The van der Waals surface area contributed by atoms with E-state index in [1.165, 1.54) is 8.96 Å². The van der Waals surface area contributed by atoms with Gasteiger partial charge in [0.2, 0.25) is 0 Å². The zero-order valence-corrected chi connectivity index (χ0v) is 17.1. The quantitative estimate of drug-likeness (QED) is 0.534. The summed E-state index contributed by atoms with van der Waals surface area (Å²) in [6, 6.07) is 7.85. The molecule has 1 aromatic carbocycles. The van der Waals surface area contributed by atoms with Crippen LogP contribution in [0.1, 0.15) is 41.9 Å². The van der Waals surface area contributed by atoms with Gasteiger partial charge in [0.05, 0.1) is 5.57 Å². The number of benzene rings is 1. The molecule has 26 heavy (non-hydrogen) atoms. The minimum Gasteiger partial charge on any atom is -0.393 e. The van der Waals surface area contributed by atoms with Gasteiger partial charge in [0, 0.05) is 34.3 Å². The molecular formula is C20H20BBrF2N2. The highest BCUT2D eigenvalue weighted by Crippen LogP contribution is 2.45. The summed E-state index contributed by atoms with van der Waals surface area (Å²) in [5.74, 6) is 0. The molecule has 0 fully saturated rings. The highest BCUT2D eigenvalue weighted by molar-refractivity contribution is 9.10. The van der Waals surface area contributed by atoms with Crippen molar-refractivity contribution in [3.63, 3.8) is 0 Å². The standard InChI is InChI=1S/C20H20BBrF2N2/c1-11-7-6-8-16(18(11)22)17-19-12(2)9-14(4)25(19)21(23,24)26-15(5)10-13(3)20(17)26/h6-10H,1-5H3. The number of hydrogen-bond donors (Lipinski definition) is 0. The molecule has 0 unspecified atom stereocenters. The van der Waals surface area contributed by atoms with Crippen LogP contribution in [0.4, 0.5) is 8.63 Å². The van der Waals surface area contributed by atoms with Gasteiger partial charge in [-0.15, -0.1) is 0 Å². The van der Waals surface area contributed by atoms with E-state index in [-0.39, 0.29) is 0 Å². The molecule has 3 heterocycles. The average Bonchev–Trinajstić information content (AvgIpc) is 3.01. The normalized spacial score (nSPS) is 18.2. The van der Waals surface area contributed by atoms with Crippen LogP contribution in [0.2, 0.25) is 0 Å². The van der Waals surface area contributed by atoms with E-state index in [2.05, 4.69) is 15.9 Å². The second-order valence-corrected chi connectivity index (χ2v) is 8.07. The number of aromatic nitrogens is 1. The molecule has 2 nitrogen and oxygen atoms in total. The molecule has 2 aliphatic heterocycles. The molecule has 6 heteroatoms. The van der Waals surface area contributed by atoms with Crippen LogP contribution in [-0.4, -0.2) is 21.6 Å². The second kappa shape index (κ2) is 5.52. The van der Waals surface area contributed by atoms with Gasteiger partial charge in [0.15, 0.2) is 5.70 Å². The minimum atomic E-state index is -3.93. The third-order valence-corrected chi connectivity index (χ3v) is 6.45. The predicted molar refractivity (Wildman–Crippen MR) is 107 cm³/mol. The molecule has 0 saturated heterocycles. The lowest BCUT2D eigenvalue weighted by Crippen LogP contribution is -2.51. The van der Waals surface area contributed by atoms with Crippen molar-refractivity contribution in [1.29, 1.82) is 0 Å². The van der Waals surface area contributed by atoms with Crippen molar-refractivity contribution in [1.82, 2.24) is 4.48 Å². The molecule has 2 aliphatic rings. The lowest BCUT2D eigenvalue weighted by atomic mass is 9.83. The number of halogens is 3. The van der Waals surface area contributed by atoms with E-state index in [0.29, 0.717) is 22.8 Å². The fourth-order valence-electron chi connectivity index (χ4n) is 4.39. The van der Waals surface area contributed by atoms with Crippen LogP contribution in [0.15, 0.2) is 46.1 Å². The topological polar surface area (TPSA) is 7.94 Å². The summed E-state index contributed by atoms with van der Waals surface area (Å²) >= 11 is 3.69. The van der Waals surface area contributed by atoms with Gasteiger partial charge in [0.25, 0.3) is 0 Å². The molecule has 0 amide bonds.